The van der Waals surface area contributed by atoms with Gasteiger partial charge in [0.15, 0.2) is 0 Å². The summed E-state index contributed by atoms with van der Waals surface area (Å²) in [7, 11) is 0. The van der Waals surface area contributed by atoms with Crippen molar-refractivity contribution in [3.63, 3.8) is 0 Å². The van der Waals surface area contributed by atoms with Crippen LogP contribution >= 0.6 is 0 Å². The van der Waals surface area contributed by atoms with Gasteiger partial charge in [0.05, 0.1) is 18.2 Å². The van der Waals surface area contributed by atoms with Crippen molar-refractivity contribution in [1.29, 1.82) is 0 Å². The summed E-state index contributed by atoms with van der Waals surface area (Å²) in [6.45, 7) is 8.74. The van der Waals surface area contributed by atoms with Gasteiger partial charge in [0, 0.05) is 26.1 Å². The molecular formula is C30H45N5O3. The monoisotopic (exact) mass is 523 g/mol. The Morgan fingerprint density at radius 1 is 0.974 bits per heavy atom. The normalized spacial score (nSPS) is 21.6. The molecule has 2 amide bonds. The van der Waals surface area contributed by atoms with E-state index in [1.807, 2.05) is 47.7 Å². The van der Waals surface area contributed by atoms with Crippen LogP contribution < -0.4 is 4.74 Å². The molecule has 2 aromatic rings. The molecule has 208 valence electrons. The summed E-state index contributed by atoms with van der Waals surface area (Å²) in [5.74, 6) is 2.42. The summed E-state index contributed by atoms with van der Waals surface area (Å²) in [5.41, 5.74) is 0.634. The van der Waals surface area contributed by atoms with Gasteiger partial charge in [-0.3, -0.25) is 9.59 Å². The molecule has 2 aliphatic rings. The maximum atomic E-state index is 13.7. The van der Waals surface area contributed by atoms with E-state index >= 15 is 0 Å². The van der Waals surface area contributed by atoms with E-state index in [9.17, 15) is 9.59 Å². The average molecular weight is 524 g/mol. The Balaban J connectivity index is 1.58. The number of carbonyl (C=O) groups is 2. The van der Waals surface area contributed by atoms with Gasteiger partial charge in [0.1, 0.15) is 23.5 Å². The maximum Gasteiger partial charge on any atom is 0.257 e. The van der Waals surface area contributed by atoms with Crippen LogP contribution in [0, 0.1) is 13.8 Å². The lowest BCUT2D eigenvalue weighted by molar-refractivity contribution is -0.137. The number of aromatic nitrogens is 3. The summed E-state index contributed by atoms with van der Waals surface area (Å²) < 4.78 is 8.50. The zero-order valence-corrected chi connectivity index (χ0v) is 23.5. The number of para-hydroxylation sites is 1. The quantitative estimate of drug-likeness (QED) is 0.530. The highest BCUT2D eigenvalue weighted by Crippen LogP contribution is 2.31. The first-order chi connectivity index (χ1) is 18.5. The standard InChI is InChI=1S/C30H45N5O3/c1-4-19-33-20-12-6-5-7-13-21-34(29(36)18-22-35-24(3)31-23(2)32-35)26-15-9-11-17-28(26)38-27-16-10-8-14-25(27)30(33)37/h8,10,14,16,26,28H,4-7,9,11-13,15,17-22H2,1-3H3/t26-,28+/m1/s1. The van der Waals surface area contributed by atoms with Gasteiger partial charge in [-0.05, 0) is 64.5 Å². The van der Waals surface area contributed by atoms with E-state index in [2.05, 4.69) is 21.9 Å². The van der Waals surface area contributed by atoms with Crippen molar-refractivity contribution >= 4 is 11.8 Å². The van der Waals surface area contributed by atoms with Crippen molar-refractivity contribution in [2.75, 3.05) is 19.6 Å². The molecular weight excluding hydrogens is 478 g/mol. The van der Waals surface area contributed by atoms with Gasteiger partial charge in [0.25, 0.3) is 5.91 Å². The van der Waals surface area contributed by atoms with E-state index in [1.54, 1.807) is 0 Å². The number of hydrogen-bond donors (Lipinski definition) is 0. The second kappa shape index (κ2) is 13.8. The molecule has 0 saturated heterocycles. The molecule has 1 aliphatic heterocycles. The highest BCUT2D eigenvalue weighted by molar-refractivity contribution is 5.97. The van der Waals surface area contributed by atoms with Gasteiger partial charge in [-0.2, -0.15) is 5.10 Å². The molecule has 8 heteroatoms. The number of amides is 2. The van der Waals surface area contributed by atoms with Crippen LogP contribution in [-0.4, -0.2) is 68.2 Å². The van der Waals surface area contributed by atoms with E-state index in [1.165, 1.54) is 0 Å². The number of ether oxygens (including phenoxy) is 1. The highest BCUT2D eigenvalue weighted by Gasteiger charge is 2.35. The van der Waals surface area contributed by atoms with Gasteiger partial charge < -0.3 is 14.5 Å². The second-order valence-electron chi connectivity index (χ2n) is 10.8. The summed E-state index contributed by atoms with van der Waals surface area (Å²) in [5, 5.41) is 4.45. The molecule has 0 spiro atoms. The number of nitrogens with zero attached hydrogens (tertiary/aromatic N) is 5. The lowest BCUT2D eigenvalue weighted by Crippen LogP contribution is -2.51. The minimum Gasteiger partial charge on any atom is -0.487 e. The third-order valence-corrected chi connectivity index (χ3v) is 7.89. The molecule has 0 N–H and O–H groups in total. The van der Waals surface area contributed by atoms with Crippen LogP contribution in [0.3, 0.4) is 0 Å². The molecule has 0 unspecified atom stereocenters. The van der Waals surface area contributed by atoms with Gasteiger partial charge in [0.2, 0.25) is 5.91 Å². The third-order valence-electron chi connectivity index (χ3n) is 7.89. The minimum atomic E-state index is -0.123. The number of carbonyl (C=O) groups excluding carboxylic acids is 2. The SMILES string of the molecule is CCCN1CCCCCCCN(C(=O)CCn2nc(C)nc2C)[C@@H]2CCCC[C@@H]2Oc2ccccc2C1=O. The van der Waals surface area contributed by atoms with E-state index in [0.29, 0.717) is 24.3 Å². The largest absolute Gasteiger partial charge is 0.487 e. The molecule has 1 saturated carbocycles. The first-order valence-electron chi connectivity index (χ1n) is 14.7. The van der Waals surface area contributed by atoms with Gasteiger partial charge >= 0.3 is 0 Å². The average Bonchev–Trinajstić information content (AvgIpc) is 3.24. The van der Waals surface area contributed by atoms with Crippen molar-refractivity contribution in [1.82, 2.24) is 24.6 Å². The molecule has 0 bridgehead atoms. The Kier molecular flexibility index (Phi) is 10.2. The van der Waals surface area contributed by atoms with Crippen LogP contribution in [0.25, 0.3) is 0 Å². The first kappa shape index (κ1) is 28.1. The van der Waals surface area contributed by atoms with Gasteiger partial charge in [-0.25, -0.2) is 9.67 Å². The minimum absolute atomic E-state index is 0.00913. The Labute approximate surface area is 227 Å². The maximum absolute atomic E-state index is 13.7. The van der Waals surface area contributed by atoms with Crippen molar-refractivity contribution in [2.45, 2.75) is 110 Å². The van der Waals surface area contributed by atoms with E-state index in [-0.39, 0.29) is 24.0 Å². The van der Waals surface area contributed by atoms with Crippen molar-refractivity contribution < 1.29 is 14.3 Å². The Morgan fingerprint density at radius 3 is 2.47 bits per heavy atom. The molecule has 1 aromatic heterocycles. The van der Waals surface area contributed by atoms with Crippen molar-refractivity contribution in [3.8, 4) is 5.75 Å². The smallest absolute Gasteiger partial charge is 0.257 e. The molecule has 4 rings (SSSR count). The van der Waals surface area contributed by atoms with Crippen LogP contribution in [0.5, 0.6) is 5.75 Å². The summed E-state index contributed by atoms with van der Waals surface area (Å²) in [6.07, 6.45) is 10.5. The number of aryl methyl sites for hydroxylation is 3. The van der Waals surface area contributed by atoms with Gasteiger partial charge in [-0.1, -0.05) is 44.7 Å². The van der Waals surface area contributed by atoms with Crippen LogP contribution in [0.15, 0.2) is 24.3 Å². The Bertz CT molecular complexity index is 1070. The zero-order chi connectivity index (χ0) is 26.9. The predicted molar refractivity (Wildman–Crippen MR) is 148 cm³/mol. The van der Waals surface area contributed by atoms with E-state index in [4.69, 9.17) is 4.74 Å². The number of rotatable bonds is 5. The second-order valence-corrected chi connectivity index (χ2v) is 10.8. The number of fused-ring (bicyclic) bond motifs is 2. The van der Waals surface area contributed by atoms with Crippen LogP contribution in [0.2, 0.25) is 0 Å². The Morgan fingerprint density at radius 2 is 1.71 bits per heavy atom. The molecule has 0 radical (unpaired) electrons. The fourth-order valence-electron chi connectivity index (χ4n) is 5.94. The van der Waals surface area contributed by atoms with Crippen molar-refractivity contribution in [3.05, 3.63) is 41.5 Å². The van der Waals surface area contributed by atoms with Crippen LogP contribution in [-0.2, 0) is 11.3 Å². The van der Waals surface area contributed by atoms with Crippen LogP contribution in [0.4, 0.5) is 0 Å². The lowest BCUT2D eigenvalue weighted by atomic mass is 9.90. The van der Waals surface area contributed by atoms with E-state index in [0.717, 1.165) is 95.5 Å². The highest BCUT2D eigenvalue weighted by atomic mass is 16.5. The first-order valence-corrected chi connectivity index (χ1v) is 14.7. The van der Waals surface area contributed by atoms with Crippen LogP contribution in [0.1, 0.15) is 99.6 Å². The van der Waals surface area contributed by atoms with Crippen molar-refractivity contribution in [2.24, 2.45) is 0 Å². The summed E-state index contributed by atoms with van der Waals surface area (Å²) >= 11 is 0. The fourth-order valence-corrected chi connectivity index (χ4v) is 5.94. The molecule has 2 atom stereocenters. The van der Waals surface area contributed by atoms with Gasteiger partial charge in [-0.15, -0.1) is 0 Å². The molecule has 1 aliphatic carbocycles. The Hall–Kier alpha value is -2.90. The molecule has 1 aromatic carbocycles. The lowest BCUT2D eigenvalue weighted by Gasteiger charge is -2.40. The number of hydrogen-bond acceptors (Lipinski definition) is 5. The molecule has 8 nitrogen and oxygen atoms in total. The molecule has 2 heterocycles. The fraction of sp³-hybridized carbons (Fsp3) is 0.667. The summed E-state index contributed by atoms with van der Waals surface area (Å²) in [4.78, 5) is 35.8. The molecule has 38 heavy (non-hydrogen) atoms. The van der Waals surface area contributed by atoms with E-state index < -0.39 is 0 Å². The molecule has 1 fully saturated rings. The predicted octanol–water partition coefficient (Wildman–Crippen LogP) is 5.32. The zero-order valence-electron chi connectivity index (χ0n) is 23.5. The third kappa shape index (κ3) is 7.14. The summed E-state index contributed by atoms with van der Waals surface area (Å²) in [6, 6.07) is 7.67. The number of benzene rings is 1. The topological polar surface area (TPSA) is 80.6 Å².